The molecule has 2 atom stereocenters. The standard InChI is InChI=1S/C14H21BrN2O2/c1-10-12(6-8-18-10)17-14(2,3)9-19-13-11(15)5-4-7-16-13/h4-5,7,10,12,17H,6,8-9H2,1-3H3/t10-,12+/m0/s1. The van der Waals surface area contributed by atoms with Gasteiger partial charge >= 0.3 is 0 Å². The van der Waals surface area contributed by atoms with Crippen molar-refractivity contribution < 1.29 is 9.47 Å². The molecule has 2 rings (SSSR count). The van der Waals surface area contributed by atoms with Gasteiger partial charge in [-0.2, -0.15) is 0 Å². The molecule has 2 heterocycles. The summed E-state index contributed by atoms with van der Waals surface area (Å²) in [5.41, 5.74) is -0.121. The average Bonchev–Trinajstić information content (AvgIpc) is 2.73. The van der Waals surface area contributed by atoms with E-state index < -0.39 is 0 Å². The Labute approximate surface area is 123 Å². The van der Waals surface area contributed by atoms with Crippen molar-refractivity contribution in [2.75, 3.05) is 13.2 Å². The Hall–Kier alpha value is -0.650. The van der Waals surface area contributed by atoms with Crippen LogP contribution in [0.3, 0.4) is 0 Å². The van der Waals surface area contributed by atoms with Crippen molar-refractivity contribution in [3.05, 3.63) is 22.8 Å². The van der Waals surface area contributed by atoms with Crippen LogP contribution in [0, 0.1) is 0 Å². The summed E-state index contributed by atoms with van der Waals surface area (Å²) in [6.07, 6.45) is 3.05. The minimum Gasteiger partial charge on any atom is -0.475 e. The maximum Gasteiger partial charge on any atom is 0.227 e. The van der Waals surface area contributed by atoms with E-state index >= 15 is 0 Å². The molecule has 1 aromatic rings. The van der Waals surface area contributed by atoms with Crippen LogP contribution < -0.4 is 10.1 Å². The molecule has 0 aromatic carbocycles. The van der Waals surface area contributed by atoms with Crippen LogP contribution in [0.1, 0.15) is 27.2 Å². The predicted molar refractivity (Wildman–Crippen MR) is 78.5 cm³/mol. The van der Waals surface area contributed by atoms with Crippen molar-refractivity contribution in [3.8, 4) is 5.88 Å². The highest BCUT2D eigenvalue weighted by molar-refractivity contribution is 9.10. The second kappa shape index (κ2) is 6.20. The van der Waals surface area contributed by atoms with E-state index in [-0.39, 0.29) is 11.6 Å². The summed E-state index contributed by atoms with van der Waals surface area (Å²) in [5, 5.41) is 3.60. The molecule has 106 valence electrons. The summed E-state index contributed by atoms with van der Waals surface area (Å²) in [4.78, 5) is 4.21. The predicted octanol–water partition coefficient (Wildman–Crippen LogP) is 2.77. The van der Waals surface area contributed by atoms with Crippen molar-refractivity contribution >= 4 is 15.9 Å². The Balaban J connectivity index is 1.88. The zero-order valence-electron chi connectivity index (χ0n) is 11.6. The maximum atomic E-state index is 5.79. The number of rotatable bonds is 5. The van der Waals surface area contributed by atoms with Crippen molar-refractivity contribution in [2.45, 2.75) is 44.9 Å². The lowest BCUT2D eigenvalue weighted by atomic mass is 10.0. The second-order valence-electron chi connectivity index (χ2n) is 5.58. The molecular formula is C14H21BrN2O2. The third-order valence-electron chi connectivity index (χ3n) is 3.25. The summed E-state index contributed by atoms with van der Waals surface area (Å²) < 4.78 is 12.2. The van der Waals surface area contributed by atoms with E-state index in [2.05, 4.69) is 47.0 Å². The van der Waals surface area contributed by atoms with Gasteiger partial charge in [-0.25, -0.2) is 4.98 Å². The van der Waals surface area contributed by atoms with Crippen molar-refractivity contribution in [1.82, 2.24) is 10.3 Å². The maximum absolute atomic E-state index is 5.79. The lowest BCUT2D eigenvalue weighted by Crippen LogP contribution is -2.52. The minimum absolute atomic E-state index is 0.121. The Morgan fingerprint density at radius 1 is 1.58 bits per heavy atom. The van der Waals surface area contributed by atoms with Crippen molar-refractivity contribution in [1.29, 1.82) is 0 Å². The van der Waals surface area contributed by atoms with E-state index in [1.165, 1.54) is 0 Å². The first-order valence-electron chi connectivity index (χ1n) is 6.60. The topological polar surface area (TPSA) is 43.4 Å². The van der Waals surface area contributed by atoms with Gasteiger partial charge in [0.2, 0.25) is 5.88 Å². The summed E-state index contributed by atoms with van der Waals surface area (Å²) in [7, 11) is 0. The SMILES string of the molecule is C[C@@H]1OCC[C@H]1NC(C)(C)COc1ncccc1Br. The van der Waals surface area contributed by atoms with Crippen LogP contribution in [0.15, 0.2) is 22.8 Å². The number of hydrogen-bond acceptors (Lipinski definition) is 4. The molecule has 0 saturated carbocycles. The Morgan fingerprint density at radius 2 is 2.37 bits per heavy atom. The first-order valence-corrected chi connectivity index (χ1v) is 7.40. The zero-order chi connectivity index (χ0) is 13.9. The molecule has 1 N–H and O–H groups in total. The number of pyridine rings is 1. The third kappa shape index (κ3) is 4.16. The number of nitrogens with zero attached hydrogens (tertiary/aromatic N) is 1. The van der Waals surface area contributed by atoms with Gasteiger partial charge in [0.05, 0.1) is 10.6 Å². The zero-order valence-corrected chi connectivity index (χ0v) is 13.2. The number of nitrogens with one attached hydrogen (secondary N) is 1. The molecule has 1 aliphatic heterocycles. The number of hydrogen-bond donors (Lipinski definition) is 1. The van der Waals surface area contributed by atoms with E-state index in [9.17, 15) is 0 Å². The van der Waals surface area contributed by atoms with Gasteiger partial charge in [0.1, 0.15) is 6.61 Å². The molecule has 0 bridgehead atoms. The molecule has 1 fully saturated rings. The molecule has 1 aliphatic rings. The minimum atomic E-state index is -0.121. The third-order valence-corrected chi connectivity index (χ3v) is 3.85. The Kier molecular flexibility index (Phi) is 4.81. The van der Waals surface area contributed by atoms with Gasteiger partial charge in [-0.05, 0) is 55.3 Å². The lowest BCUT2D eigenvalue weighted by Gasteiger charge is -2.31. The van der Waals surface area contributed by atoms with E-state index in [0.29, 0.717) is 18.5 Å². The molecule has 5 heteroatoms. The first kappa shape index (κ1) is 14.8. The average molecular weight is 329 g/mol. The summed E-state index contributed by atoms with van der Waals surface area (Å²) in [5.74, 6) is 0.632. The quantitative estimate of drug-likeness (QED) is 0.902. The summed E-state index contributed by atoms with van der Waals surface area (Å²) in [6.45, 7) is 7.77. The fourth-order valence-electron chi connectivity index (χ4n) is 2.19. The molecular weight excluding hydrogens is 308 g/mol. The molecule has 0 unspecified atom stereocenters. The van der Waals surface area contributed by atoms with Crippen LogP contribution in [0.5, 0.6) is 5.88 Å². The van der Waals surface area contributed by atoms with Gasteiger partial charge < -0.3 is 14.8 Å². The van der Waals surface area contributed by atoms with E-state index in [1.807, 2.05) is 12.1 Å². The molecule has 1 aromatic heterocycles. The van der Waals surface area contributed by atoms with Crippen molar-refractivity contribution in [2.24, 2.45) is 0 Å². The number of ether oxygens (including phenoxy) is 2. The first-order chi connectivity index (χ1) is 8.98. The largest absolute Gasteiger partial charge is 0.475 e. The normalized spacial score (nSPS) is 23.6. The lowest BCUT2D eigenvalue weighted by molar-refractivity contribution is 0.0998. The van der Waals surface area contributed by atoms with Crippen LogP contribution in [-0.2, 0) is 4.74 Å². The molecule has 0 amide bonds. The Morgan fingerprint density at radius 3 is 3.00 bits per heavy atom. The highest BCUT2D eigenvalue weighted by Crippen LogP contribution is 2.22. The molecule has 0 radical (unpaired) electrons. The van der Waals surface area contributed by atoms with Crippen LogP contribution in [-0.4, -0.2) is 35.9 Å². The van der Waals surface area contributed by atoms with Gasteiger partial charge in [0.15, 0.2) is 0 Å². The van der Waals surface area contributed by atoms with Crippen LogP contribution in [0.4, 0.5) is 0 Å². The van der Waals surface area contributed by atoms with Gasteiger partial charge in [0, 0.05) is 24.4 Å². The van der Waals surface area contributed by atoms with Gasteiger partial charge in [0.25, 0.3) is 0 Å². The molecule has 4 nitrogen and oxygen atoms in total. The molecule has 19 heavy (non-hydrogen) atoms. The van der Waals surface area contributed by atoms with Gasteiger partial charge in [-0.15, -0.1) is 0 Å². The summed E-state index contributed by atoms with van der Waals surface area (Å²) >= 11 is 3.43. The van der Waals surface area contributed by atoms with Gasteiger partial charge in [-0.1, -0.05) is 0 Å². The van der Waals surface area contributed by atoms with Crippen molar-refractivity contribution in [3.63, 3.8) is 0 Å². The molecule has 1 saturated heterocycles. The molecule has 0 aliphatic carbocycles. The fraction of sp³-hybridized carbons (Fsp3) is 0.643. The highest BCUT2D eigenvalue weighted by atomic mass is 79.9. The van der Waals surface area contributed by atoms with Crippen LogP contribution in [0.25, 0.3) is 0 Å². The highest BCUT2D eigenvalue weighted by Gasteiger charge is 2.30. The second-order valence-corrected chi connectivity index (χ2v) is 6.43. The van der Waals surface area contributed by atoms with E-state index in [4.69, 9.17) is 9.47 Å². The van der Waals surface area contributed by atoms with Gasteiger partial charge in [-0.3, -0.25) is 0 Å². The smallest absolute Gasteiger partial charge is 0.227 e. The monoisotopic (exact) mass is 328 g/mol. The summed E-state index contributed by atoms with van der Waals surface area (Å²) in [6, 6.07) is 4.19. The fourth-order valence-corrected chi connectivity index (χ4v) is 2.56. The Bertz CT molecular complexity index is 426. The van der Waals surface area contributed by atoms with Crippen LogP contribution >= 0.6 is 15.9 Å². The van der Waals surface area contributed by atoms with Crippen LogP contribution in [0.2, 0.25) is 0 Å². The van der Waals surface area contributed by atoms with E-state index in [1.54, 1.807) is 6.20 Å². The number of halogens is 1. The molecule has 0 spiro atoms. The number of aromatic nitrogens is 1. The van der Waals surface area contributed by atoms with E-state index in [0.717, 1.165) is 17.5 Å².